The summed E-state index contributed by atoms with van der Waals surface area (Å²) in [6, 6.07) is 6.08. The highest BCUT2D eigenvalue weighted by atomic mass is 19.3. The number of nitrogens with two attached hydrogens (primary N) is 1. The van der Waals surface area contributed by atoms with E-state index in [0.717, 1.165) is 5.56 Å². The van der Waals surface area contributed by atoms with Gasteiger partial charge in [-0.15, -0.1) is 0 Å². The highest BCUT2D eigenvalue weighted by Gasteiger charge is 2.32. The van der Waals surface area contributed by atoms with Gasteiger partial charge in [0.1, 0.15) is 0 Å². The summed E-state index contributed by atoms with van der Waals surface area (Å²) in [5.74, 6) is -2.84. The lowest BCUT2D eigenvalue weighted by Crippen LogP contribution is -2.30. The second-order valence-electron chi connectivity index (χ2n) is 4.36. The Balaban J connectivity index is 2.98. The molecule has 0 amide bonds. The van der Waals surface area contributed by atoms with Gasteiger partial charge in [0.2, 0.25) is 0 Å². The number of hydrogen-bond donors (Lipinski definition) is 1. The van der Waals surface area contributed by atoms with E-state index in [1.165, 1.54) is 17.0 Å². The Morgan fingerprint density at radius 3 is 2.50 bits per heavy atom. The Bertz CT molecular complexity index is 349. The number of rotatable bonds is 4. The monoisotopic (exact) mass is 228 g/mol. The summed E-state index contributed by atoms with van der Waals surface area (Å²) in [6.45, 7) is 1.48. The zero-order valence-corrected chi connectivity index (χ0v) is 9.87. The van der Waals surface area contributed by atoms with Crippen LogP contribution in [0.2, 0.25) is 0 Å². The molecular formula is C12H18F2N2. The summed E-state index contributed by atoms with van der Waals surface area (Å²) >= 11 is 0. The lowest BCUT2D eigenvalue weighted by molar-refractivity contribution is -0.0270. The van der Waals surface area contributed by atoms with E-state index in [2.05, 4.69) is 0 Å². The molecule has 0 unspecified atom stereocenters. The van der Waals surface area contributed by atoms with E-state index >= 15 is 0 Å². The molecule has 0 heterocycles. The normalized spacial score (nSPS) is 14.2. The Kier molecular flexibility index (Phi) is 3.99. The fourth-order valence-corrected chi connectivity index (χ4v) is 1.54. The van der Waals surface area contributed by atoms with E-state index < -0.39 is 5.92 Å². The summed E-state index contributed by atoms with van der Waals surface area (Å²) < 4.78 is 27.5. The molecule has 1 aromatic rings. The van der Waals surface area contributed by atoms with Crippen molar-refractivity contribution in [1.82, 2.24) is 4.90 Å². The average Bonchev–Trinajstić information content (AvgIpc) is 2.16. The van der Waals surface area contributed by atoms with Crippen LogP contribution in [0.5, 0.6) is 0 Å². The Morgan fingerprint density at radius 1 is 1.38 bits per heavy atom. The third-order valence-corrected chi connectivity index (χ3v) is 2.35. The molecule has 0 aliphatic rings. The molecule has 1 atom stereocenters. The summed E-state index contributed by atoms with van der Waals surface area (Å²) in [5.41, 5.74) is 6.43. The number of likely N-dealkylation sites (N-methyl/N-ethyl adjacent to an activating group) is 1. The molecule has 0 aliphatic heterocycles. The van der Waals surface area contributed by atoms with Crippen molar-refractivity contribution in [3.63, 3.8) is 0 Å². The van der Waals surface area contributed by atoms with Crippen LogP contribution in [0.25, 0.3) is 0 Å². The minimum Gasteiger partial charge on any atom is -0.324 e. The molecule has 2 N–H and O–H groups in total. The third kappa shape index (κ3) is 3.25. The van der Waals surface area contributed by atoms with Gasteiger partial charge in [0.15, 0.2) is 0 Å². The van der Waals surface area contributed by atoms with Crippen molar-refractivity contribution in [2.24, 2.45) is 5.73 Å². The summed E-state index contributed by atoms with van der Waals surface area (Å²) in [4.78, 5) is 1.47. The first-order chi connectivity index (χ1) is 7.33. The predicted octanol–water partition coefficient (Wildman–Crippen LogP) is 2.36. The number of alkyl halides is 2. The molecule has 0 saturated heterocycles. The van der Waals surface area contributed by atoms with Gasteiger partial charge in [-0.2, -0.15) is 8.78 Å². The molecule has 0 radical (unpaired) electrons. The highest BCUT2D eigenvalue weighted by Crippen LogP contribution is 2.29. The number of nitrogens with zero attached hydrogens (tertiary/aromatic N) is 1. The topological polar surface area (TPSA) is 29.3 Å². The van der Waals surface area contributed by atoms with Gasteiger partial charge < -0.3 is 10.6 Å². The number of halogens is 2. The van der Waals surface area contributed by atoms with Crippen molar-refractivity contribution < 1.29 is 8.78 Å². The summed E-state index contributed by atoms with van der Waals surface area (Å²) in [6.07, 6.45) is 0. The largest absolute Gasteiger partial charge is 0.324 e. The quantitative estimate of drug-likeness (QED) is 0.857. The minimum absolute atomic E-state index is 0.0241. The van der Waals surface area contributed by atoms with Crippen LogP contribution in [0.15, 0.2) is 24.3 Å². The second-order valence-corrected chi connectivity index (χ2v) is 4.36. The van der Waals surface area contributed by atoms with Crippen LogP contribution < -0.4 is 5.73 Å². The van der Waals surface area contributed by atoms with Crippen molar-refractivity contribution >= 4 is 0 Å². The molecular weight excluding hydrogens is 210 g/mol. The van der Waals surface area contributed by atoms with Crippen LogP contribution in [-0.4, -0.2) is 25.5 Å². The van der Waals surface area contributed by atoms with Crippen molar-refractivity contribution in [3.8, 4) is 0 Å². The standard InChI is InChI=1S/C12H18F2N2/c1-9(15)10-5-4-6-11(7-10)12(13,14)8-16(2)3/h4-7,9H,8,15H2,1-3H3/t9-/m1/s1. The zero-order chi connectivity index (χ0) is 12.3. The molecule has 2 nitrogen and oxygen atoms in total. The van der Waals surface area contributed by atoms with Gasteiger partial charge >= 0.3 is 0 Å². The van der Waals surface area contributed by atoms with Crippen LogP contribution in [0.4, 0.5) is 8.78 Å². The average molecular weight is 228 g/mol. The lowest BCUT2D eigenvalue weighted by atomic mass is 10.0. The van der Waals surface area contributed by atoms with Gasteiger partial charge in [0.25, 0.3) is 5.92 Å². The lowest BCUT2D eigenvalue weighted by Gasteiger charge is -2.21. The van der Waals surface area contributed by atoms with Crippen LogP contribution in [-0.2, 0) is 5.92 Å². The first-order valence-corrected chi connectivity index (χ1v) is 5.21. The van der Waals surface area contributed by atoms with Gasteiger partial charge in [0.05, 0.1) is 6.54 Å². The van der Waals surface area contributed by atoms with Crippen LogP contribution in [0.1, 0.15) is 24.1 Å². The molecule has 1 rings (SSSR count). The molecule has 16 heavy (non-hydrogen) atoms. The van der Waals surface area contributed by atoms with Crippen LogP contribution in [0.3, 0.4) is 0 Å². The first-order valence-electron chi connectivity index (χ1n) is 5.21. The molecule has 90 valence electrons. The molecule has 0 aliphatic carbocycles. The predicted molar refractivity (Wildman–Crippen MR) is 61.5 cm³/mol. The maximum Gasteiger partial charge on any atom is 0.285 e. The SMILES string of the molecule is C[C@@H](N)c1cccc(C(F)(F)CN(C)C)c1. The molecule has 0 fully saturated rings. The molecule has 4 heteroatoms. The third-order valence-electron chi connectivity index (χ3n) is 2.35. The molecule has 0 saturated carbocycles. The van der Waals surface area contributed by atoms with Gasteiger partial charge in [-0.25, -0.2) is 0 Å². The zero-order valence-electron chi connectivity index (χ0n) is 9.87. The fourth-order valence-electron chi connectivity index (χ4n) is 1.54. The fraction of sp³-hybridized carbons (Fsp3) is 0.500. The molecule has 0 bridgehead atoms. The van der Waals surface area contributed by atoms with E-state index in [9.17, 15) is 8.78 Å². The van der Waals surface area contributed by atoms with E-state index in [0.29, 0.717) is 0 Å². The minimum atomic E-state index is -2.84. The summed E-state index contributed by atoms with van der Waals surface area (Å²) in [5, 5.41) is 0. The Labute approximate surface area is 95.1 Å². The van der Waals surface area contributed by atoms with Crippen molar-refractivity contribution in [2.45, 2.75) is 18.9 Å². The van der Waals surface area contributed by atoms with Crippen molar-refractivity contribution in [3.05, 3.63) is 35.4 Å². The van der Waals surface area contributed by atoms with Crippen molar-refractivity contribution in [2.75, 3.05) is 20.6 Å². The Morgan fingerprint density at radius 2 is 2.00 bits per heavy atom. The smallest absolute Gasteiger partial charge is 0.285 e. The molecule has 0 aromatic heterocycles. The van der Waals surface area contributed by atoms with Gasteiger partial charge in [-0.05, 0) is 32.6 Å². The molecule has 1 aromatic carbocycles. The van der Waals surface area contributed by atoms with Gasteiger partial charge in [-0.1, -0.05) is 18.2 Å². The van der Waals surface area contributed by atoms with E-state index in [1.807, 2.05) is 0 Å². The number of hydrogen-bond acceptors (Lipinski definition) is 2. The van der Waals surface area contributed by atoms with Crippen molar-refractivity contribution in [1.29, 1.82) is 0 Å². The highest BCUT2D eigenvalue weighted by molar-refractivity contribution is 5.28. The van der Waals surface area contributed by atoms with E-state index in [1.54, 1.807) is 33.2 Å². The number of benzene rings is 1. The van der Waals surface area contributed by atoms with Crippen LogP contribution in [0, 0.1) is 0 Å². The molecule has 0 spiro atoms. The second kappa shape index (κ2) is 4.89. The maximum absolute atomic E-state index is 13.8. The first kappa shape index (κ1) is 13.1. The maximum atomic E-state index is 13.8. The van der Waals surface area contributed by atoms with Gasteiger partial charge in [-0.3, -0.25) is 0 Å². The van der Waals surface area contributed by atoms with E-state index in [4.69, 9.17) is 5.73 Å². The van der Waals surface area contributed by atoms with E-state index in [-0.39, 0.29) is 18.2 Å². The van der Waals surface area contributed by atoms with Crippen LogP contribution >= 0.6 is 0 Å². The van der Waals surface area contributed by atoms with Gasteiger partial charge in [0, 0.05) is 11.6 Å². The summed E-state index contributed by atoms with van der Waals surface area (Å²) in [7, 11) is 3.26. The Hall–Kier alpha value is -1.00.